The first-order valence-corrected chi connectivity index (χ1v) is 11.5. The van der Waals surface area contributed by atoms with Crippen molar-refractivity contribution in [2.75, 3.05) is 38.3 Å². The summed E-state index contributed by atoms with van der Waals surface area (Å²) in [6, 6.07) is 8.55. The van der Waals surface area contributed by atoms with Crippen LogP contribution >= 0.6 is 0 Å². The first-order chi connectivity index (χ1) is 15.5. The Balaban J connectivity index is 1.63. The Morgan fingerprint density at radius 3 is 2.78 bits per heavy atom. The fourth-order valence-corrected chi connectivity index (χ4v) is 4.43. The zero-order valence-corrected chi connectivity index (χ0v) is 19.2. The molecule has 32 heavy (non-hydrogen) atoms. The van der Waals surface area contributed by atoms with Crippen molar-refractivity contribution >= 4 is 11.7 Å². The molecule has 0 bridgehead atoms. The minimum Gasteiger partial charge on any atom is -0.384 e. The number of amides is 1. The molecule has 1 amide bonds. The summed E-state index contributed by atoms with van der Waals surface area (Å²) in [5.74, 6) is 1.31. The average molecular weight is 434 g/mol. The maximum Gasteiger partial charge on any atom is 0.225 e. The van der Waals surface area contributed by atoms with Crippen LogP contribution in [0.5, 0.6) is 0 Å². The Kier molecular flexibility index (Phi) is 6.71. The smallest absolute Gasteiger partial charge is 0.225 e. The maximum atomic E-state index is 12.5. The number of ether oxygens (including phenoxy) is 1. The van der Waals surface area contributed by atoms with Gasteiger partial charge in [0.2, 0.25) is 5.91 Å². The number of nitriles is 1. The van der Waals surface area contributed by atoms with Gasteiger partial charge < -0.3 is 14.5 Å². The zero-order chi connectivity index (χ0) is 22.7. The van der Waals surface area contributed by atoms with Crippen LogP contribution in [0.1, 0.15) is 56.0 Å². The van der Waals surface area contributed by atoms with Crippen LogP contribution in [0.25, 0.3) is 11.1 Å². The molecular formula is C25H31N5O2. The van der Waals surface area contributed by atoms with Crippen LogP contribution in [-0.2, 0) is 16.0 Å². The Bertz CT molecular complexity index is 1030. The van der Waals surface area contributed by atoms with E-state index in [-0.39, 0.29) is 11.9 Å². The molecule has 0 aromatic carbocycles. The first kappa shape index (κ1) is 22.2. The van der Waals surface area contributed by atoms with Crippen molar-refractivity contribution in [1.29, 1.82) is 5.26 Å². The number of nitrogens with zero attached hydrogens (tertiary/aromatic N) is 5. The number of carbonyl (C=O) groups is 1. The van der Waals surface area contributed by atoms with E-state index in [1.54, 1.807) is 7.11 Å². The van der Waals surface area contributed by atoms with E-state index in [1.165, 1.54) is 0 Å². The second-order valence-electron chi connectivity index (χ2n) is 8.69. The van der Waals surface area contributed by atoms with Gasteiger partial charge in [-0.25, -0.2) is 4.98 Å². The van der Waals surface area contributed by atoms with E-state index in [9.17, 15) is 10.1 Å². The lowest BCUT2D eigenvalue weighted by molar-refractivity contribution is -0.134. The monoisotopic (exact) mass is 433 g/mol. The van der Waals surface area contributed by atoms with Crippen molar-refractivity contribution in [2.45, 2.75) is 51.5 Å². The van der Waals surface area contributed by atoms with Crippen molar-refractivity contribution in [1.82, 2.24) is 14.9 Å². The summed E-state index contributed by atoms with van der Waals surface area (Å²) in [6.07, 6.45) is 5.38. The van der Waals surface area contributed by atoms with Gasteiger partial charge in [-0.2, -0.15) is 5.26 Å². The van der Waals surface area contributed by atoms with Gasteiger partial charge in [0.05, 0.1) is 24.3 Å². The van der Waals surface area contributed by atoms with Gasteiger partial charge in [-0.15, -0.1) is 0 Å². The van der Waals surface area contributed by atoms with E-state index in [0.29, 0.717) is 44.1 Å². The third-order valence-electron chi connectivity index (χ3n) is 6.37. The van der Waals surface area contributed by atoms with Crippen LogP contribution in [-0.4, -0.2) is 60.2 Å². The van der Waals surface area contributed by atoms with Gasteiger partial charge in [0.1, 0.15) is 11.9 Å². The molecule has 7 nitrogen and oxygen atoms in total. The molecule has 2 fully saturated rings. The van der Waals surface area contributed by atoms with Crippen molar-refractivity contribution in [3.8, 4) is 17.2 Å². The molecule has 3 heterocycles. The molecule has 2 aromatic heterocycles. The molecule has 2 aromatic rings. The van der Waals surface area contributed by atoms with Crippen LogP contribution in [0.4, 0.5) is 5.82 Å². The fraction of sp³-hybridized carbons (Fsp3) is 0.520. The summed E-state index contributed by atoms with van der Waals surface area (Å²) in [5, 5.41) is 9.96. The highest BCUT2D eigenvalue weighted by Crippen LogP contribution is 2.45. The van der Waals surface area contributed by atoms with Crippen LogP contribution < -0.4 is 4.90 Å². The van der Waals surface area contributed by atoms with Gasteiger partial charge in [-0.1, -0.05) is 6.92 Å². The number of methoxy groups -OCH3 is 1. The molecule has 2 aliphatic rings. The topological polar surface area (TPSA) is 82.4 Å². The molecule has 0 radical (unpaired) electrons. The second kappa shape index (κ2) is 9.66. The van der Waals surface area contributed by atoms with Gasteiger partial charge in [0.15, 0.2) is 0 Å². The number of pyridine rings is 2. The van der Waals surface area contributed by atoms with Gasteiger partial charge >= 0.3 is 0 Å². The molecule has 0 unspecified atom stereocenters. The summed E-state index contributed by atoms with van der Waals surface area (Å²) in [5.41, 5.74) is 4.83. The number of aryl methyl sites for hydroxylation is 1. The van der Waals surface area contributed by atoms with Crippen molar-refractivity contribution in [3.05, 3.63) is 41.3 Å². The Morgan fingerprint density at radius 1 is 1.31 bits per heavy atom. The molecular weight excluding hydrogens is 402 g/mol. The number of piperazine rings is 1. The second-order valence-corrected chi connectivity index (χ2v) is 8.69. The van der Waals surface area contributed by atoms with Crippen molar-refractivity contribution in [3.63, 3.8) is 0 Å². The van der Waals surface area contributed by atoms with E-state index < -0.39 is 0 Å². The summed E-state index contributed by atoms with van der Waals surface area (Å²) in [4.78, 5) is 26.1. The predicted molar refractivity (Wildman–Crippen MR) is 123 cm³/mol. The highest BCUT2D eigenvalue weighted by atomic mass is 16.5. The van der Waals surface area contributed by atoms with Crippen LogP contribution in [0.3, 0.4) is 0 Å². The molecule has 1 saturated heterocycles. The number of anilines is 1. The lowest BCUT2D eigenvalue weighted by Gasteiger charge is -2.41. The quantitative estimate of drug-likeness (QED) is 0.664. The highest BCUT2D eigenvalue weighted by Gasteiger charge is 2.33. The van der Waals surface area contributed by atoms with Gasteiger partial charge in [0.25, 0.3) is 0 Å². The number of hydrogen-bond donors (Lipinski definition) is 0. The zero-order valence-electron chi connectivity index (χ0n) is 19.2. The van der Waals surface area contributed by atoms with Crippen LogP contribution in [0, 0.1) is 11.3 Å². The van der Waals surface area contributed by atoms with Crippen LogP contribution in [0.2, 0.25) is 0 Å². The number of carbonyl (C=O) groups excluding carboxylic acids is 1. The summed E-state index contributed by atoms with van der Waals surface area (Å²) in [7, 11) is 1.61. The molecule has 4 rings (SSSR count). The lowest BCUT2D eigenvalue weighted by atomic mass is 9.98. The Hall–Kier alpha value is -2.98. The summed E-state index contributed by atoms with van der Waals surface area (Å²) < 4.78 is 5.06. The van der Waals surface area contributed by atoms with E-state index >= 15 is 0 Å². The predicted octanol–water partition coefficient (Wildman–Crippen LogP) is 3.53. The largest absolute Gasteiger partial charge is 0.384 e. The molecule has 0 spiro atoms. The van der Waals surface area contributed by atoms with E-state index in [4.69, 9.17) is 9.72 Å². The SMILES string of the molecule is CCc1cc(-c2cc(C#N)c(N3CCN(C(=O)CCOC)[C@H](C)C3)nc2C2CC2)ccn1. The standard InChI is InChI=1S/C25H31N5O2/c1-4-21-13-19(7-9-27-21)22-14-20(15-26)25(28-24(22)18-5-6-18)29-10-11-30(17(2)16-29)23(31)8-12-32-3/h7,9,13-14,17-18H,4-6,8,10-12,16H2,1-3H3/t17-/m1/s1. The number of rotatable bonds is 7. The van der Waals surface area contributed by atoms with Gasteiger partial charge in [-0.05, 0) is 49.9 Å². The van der Waals surface area contributed by atoms with E-state index in [2.05, 4.69) is 35.9 Å². The van der Waals surface area contributed by atoms with Crippen molar-refractivity contribution < 1.29 is 9.53 Å². The molecule has 1 saturated carbocycles. The Morgan fingerprint density at radius 2 is 2.12 bits per heavy atom. The number of aromatic nitrogens is 2. The normalized spacial score (nSPS) is 18.5. The number of hydrogen-bond acceptors (Lipinski definition) is 6. The van der Waals surface area contributed by atoms with E-state index in [0.717, 1.165) is 47.6 Å². The fourth-order valence-electron chi connectivity index (χ4n) is 4.43. The summed E-state index contributed by atoms with van der Waals surface area (Å²) in [6.45, 7) is 6.55. The molecule has 7 heteroatoms. The third-order valence-corrected chi connectivity index (χ3v) is 6.37. The molecule has 1 aliphatic carbocycles. The first-order valence-electron chi connectivity index (χ1n) is 11.5. The van der Waals surface area contributed by atoms with E-state index in [1.807, 2.05) is 23.2 Å². The minimum atomic E-state index is 0.0535. The lowest BCUT2D eigenvalue weighted by Crippen LogP contribution is -2.54. The third kappa shape index (κ3) is 4.61. The molecule has 0 N–H and O–H groups in total. The maximum absolute atomic E-state index is 12.5. The summed E-state index contributed by atoms with van der Waals surface area (Å²) >= 11 is 0. The highest BCUT2D eigenvalue weighted by molar-refractivity contribution is 5.77. The molecule has 1 atom stereocenters. The van der Waals surface area contributed by atoms with Gasteiger partial charge in [0, 0.05) is 56.2 Å². The molecule has 168 valence electrons. The average Bonchev–Trinajstić information content (AvgIpc) is 3.67. The van der Waals surface area contributed by atoms with Gasteiger partial charge in [-0.3, -0.25) is 9.78 Å². The van der Waals surface area contributed by atoms with Crippen molar-refractivity contribution in [2.24, 2.45) is 0 Å². The minimum absolute atomic E-state index is 0.0535. The van der Waals surface area contributed by atoms with Crippen LogP contribution in [0.15, 0.2) is 24.4 Å². The Labute approximate surface area is 190 Å². The molecule has 1 aliphatic heterocycles.